The van der Waals surface area contributed by atoms with Gasteiger partial charge in [0.25, 0.3) is 5.91 Å². The average molecular weight is 352 g/mol. The van der Waals surface area contributed by atoms with Gasteiger partial charge in [-0.15, -0.1) is 0 Å². The SMILES string of the molecule is N[C@@H]1CCN(C(=O)c2cc(I)c(F)cc2F)C1. The number of nitrogens with two attached hydrogens (primary N) is 1. The van der Waals surface area contributed by atoms with Crippen LogP contribution in [0.1, 0.15) is 16.8 Å². The normalized spacial score (nSPS) is 19.8. The summed E-state index contributed by atoms with van der Waals surface area (Å²) in [6, 6.07) is 1.92. The fourth-order valence-electron chi connectivity index (χ4n) is 1.83. The number of carbonyl (C=O) groups is 1. The molecule has 1 aliphatic rings. The van der Waals surface area contributed by atoms with E-state index in [1.54, 1.807) is 22.6 Å². The Balaban J connectivity index is 2.28. The molecule has 2 N–H and O–H groups in total. The van der Waals surface area contributed by atoms with Crippen LogP contribution in [0.25, 0.3) is 0 Å². The lowest BCUT2D eigenvalue weighted by molar-refractivity contribution is 0.0786. The van der Waals surface area contributed by atoms with Gasteiger partial charge in [0.05, 0.1) is 5.56 Å². The lowest BCUT2D eigenvalue weighted by Crippen LogP contribution is -2.32. The highest BCUT2D eigenvalue weighted by Crippen LogP contribution is 2.20. The molecule has 0 radical (unpaired) electrons. The van der Waals surface area contributed by atoms with Crippen molar-refractivity contribution in [2.45, 2.75) is 12.5 Å². The fraction of sp³-hybridized carbons (Fsp3) is 0.364. The van der Waals surface area contributed by atoms with Gasteiger partial charge in [-0.3, -0.25) is 4.79 Å². The van der Waals surface area contributed by atoms with Gasteiger partial charge in [0.15, 0.2) is 0 Å². The van der Waals surface area contributed by atoms with Gasteiger partial charge in [0, 0.05) is 28.8 Å². The molecule has 17 heavy (non-hydrogen) atoms. The van der Waals surface area contributed by atoms with Crippen LogP contribution in [0.2, 0.25) is 0 Å². The molecular weight excluding hydrogens is 341 g/mol. The van der Waals surface area contributed by atoms with Gasteiger partial charge < -0.3 is 10.6 Å². The zero-order valence-corrected chi connectivity index (χ0v) is 11.1. The fourth-order valence-corrected chi connectivity index (χ4v) is 2.30. The second-order valence-corrected chi connectivity index (χ2v) is 5.21. The van der Waals surface area contributed by atoms with Gasteiger partial charge in [-0.1, -0.05) is 0 Å². The van der Waals surface area contributed by atoms with Crippen molar-refractivity contribution in [3.63, 3.8) is 0 Å². The highest BCUT2D eigenvalue weighted by molar-refractivity contribution is 14.1. The largest absolute Gasteiger partial charge is 0.337 e. The van der Waals surface area contributed by atoms with E-state index in [0.717, 1.165) is 6.07 Å². The van der Waals surface area contributed by atoms with Crippen LogP contribution in [0.4, 0.5) is 8.78 Å². The average Bonchev–Trinajstić information content (AvgIpc) is 2.69. The van der Waals surface area contributed by atoms with Crippen LogP contribution in [0.3, 0.4) is 0 Å². The van der Waals surface area contributed by atoms with Gasteiger partial charge in [-0.25, -0.2) is 8.78 Å². The minimum atomic E-state index is -0.826. The predicted octanol–water partition coefficient (Wildman–Crippen LogP) is 1.74. The molecule has 0 saturated carbocycles. The lowest BCUT2D eigenvalue weighted by Gasteiger charge is -2.16. The summed E-state index contributed by atoms with van der Waals surface area (Å²) < 4.78 is 26.8. The molecule has 3 nitrogen and oxygen atoms in total. The van der Waals surface area contributed by atoms with Crippen molar-refractivity contribution in [2.24, 2.45) is 5.73 Å². The van der Waals surface area contributed by atoms with Crippen molar-refractivity contribution in [1.29, 1.82) is 0 Å². The minimum Gasteiger partial charge on any atom is -0.337 e. The quantitative estimate of drug-likeness (QED) is 0.618. The Morgan fingerprint density at radius 3 is 2.71 bits per heavy atom. The minimum absolute atomic E-state index is 0.0541. The van der Waals surface area contributed by atoms with Crippen molar-refractivity contribution in [3.8, 4) is 0 Å². The van der Waals surface area contributed by atoms with Crippen molar-refractivity contribution >= 4 is 28.5 Å². The van der Waals surface area contributed by atoms with Crippen LogP contribution < -0.4 is 5.73 Å². The second-order valence-electron chi connectivity index (χ2n) is 4.05. The molecule has 1 aromatic carbocycles. The van der Waals surface area contributed by atoms with Crippen molar-refractivity contribution < 1.29 is 13.6 Å². The number of nitrogens with zero attached hydrogens (tertiary/aromatic N) is 1. The molecule has 1 aliphatic heterocycles. The number of amides is 1. The molecule has 0 unspecified atom stereocenters. The van der Waals surface area contributed by atoms with E-state index >= 15 is 0 Å². The summed E-state index contributed by atoms with van der Waals surface area (Å²) in [6.07, 6.45) is 0.714. The van der Waals surface area contributed by atoms with Gasteiger partial charge in [-0.2, -0.15) is 0 Å². The number of benzene rings is 1. The third-order valence-electron chi connectivity index (χ3n) is 2.75. The van der Waals surface area contributed by atoms with Crippen molar-refractivity contribution in [3.05, 3.63) is 32.9 Å². The monoisotopic (exact) mass is 352 g/mol. The first-order valence-corrected chi connectivity index (χ1v) is 6.26. The molecule has 2 rings (SSSR count). The third kappa shape index (κ3) is 2.57. The van der Waals surface area contributed by atoms with E-state index in [2.05, 4.69) is 0 Å². The lowest BCUT2D eigenvalue weighted by atomic mass is 10.2. The van der Waals surface area contributed by atoms with Gasteiger partial charge in [-0.05, 0) is 35.1 Å². The van der Waals surface area contributed by atoms with E-state index in [-0.39, 0.29) is 15.2 Å². The number of hydrogen-bond donors (Lipinski definition) is 1. The van der Waals surface area contributed by atoms with E-state index in [1.165, 1.54) is 11.0 Å². The van der Waals surface area contributed by atoms with Crippen LogP contribution >= 0.6 is 22.6 Å². The first kappa shape index (κ1) is 12.7. The highest BCUT2D eigenvalue weighted by atomic mass is 127. The van der Waals surface area contributed by atoms with Crippen LogP contribution in [0, 0.1) is 15.2 Å². The third-order valence-corrected chi connectivity index (χ3v) is 3.58. The Hall–Kier alpha value is -0.760. The van der Waals surface area contributed by atoms with E-state index in [1.807, 2.05) is 0 Å². The topological polar surface area (TPSA) is 46.3 Å². The second kappa shape index (κ2) is 4.85. The molecule has 1 heterocycles. The summed E-state index contributed by atoms with van der Waals surface area (Å²) in [5.41, 5.74) is 5.59. The molecular formula is C11H11F2IN2O. The Morgan fingerprint density at radius 2 is 2.12 bits per heavy atom. The maximum Gasteiger partial charge on any atom is 0.256 e. The Labute approximate surface area is 111 Å². The van der Waals surface area contributed by atoms with E-state index < -0.39 is 17.5 Å². The number of hydrogen-bond acceptors (Lipinski definition) is 2. The standard InChI is InChI=1S/C11H11F2IN2O/c12-8-4-9(13)10(14)3-7(8)11(17)16-2-1-6(15)5-16/h3-4,6H,1-2,5,15H2/t6-/m1/s1. The molecule has 1 fully saturated rings. The molecule has 0 bridgehead atoms. The van der Waals surface area contributed by atoms with Crippen LogP contribution in [0.5, 0.6) is 0 Å². The summed E-state index contributed by atoms with van der Waals surface area (Å²) in [7, 11) is 0. The molecule has 1 aromatic rings. The number of likely N-dealkylation sites (tertiary alicyclic amines) is 1. The van der Waals surface area contributed by atoms with E-state index in [9.17, 15) is 13.6 Å². The maximum absolute atomic E-state index is 13.5. The molecule has 6 heteroatoms. The van der Waals surface area contributed by atoms with Gasteiger partial charge in [0.1, 0.15) is 11.6 Å². The summed E-state index contributed by atoms with van der Waals surface area (Å²) in [5.74, 6) is -1.90. The maximum atomic E-state index is 13.5. The van der Waals surface area contributed by atoms with Crippen LogP contribution in [-0.2, 0) is 0 Å². The van der Waals surface area contributed by atoms with Crippen molar-refractivity contribution in [1.82, 2.24) is 4.90 Å². The Bertz CT molecular complexity index is 467. The molecule has 92 valence electrons. The summed E-state index contributed by atoms with van der Waals surface area (Å²) in [4.78, 5) is 13.5. The van der Waals surface area contributed by atoms with Crippen LogP contribution in [-0.4, -0.2) is 29.9 Å². The molecule has 0 aliphatic carbocycles. The molecule has 1 amide bonds. The molecule has 0 aromatic heterocycles. The first-order chi connectivity index (χ1) is 7.99. The highest BCUT2D eigenvalue weighted by Gasteiger charge is 2.26. The molecule has 1 saturated heterocycles. The summed E-state index contributed by atoms with van der Waals surface area (Å²) in [6.45, 7) is 0.944. The summed E-state index contributed by atoms with van der Waals surface area (Å²) >= 11 is 1.73. The smallest absolute Gasteiger partial charge is 0.256 e. The van der Waals surface area contributed by atoms with Gasteiger partial charge in [0.2, 0.25) is 0 Å². The van der Waals surface area contributed by atoms with E-state index in [4.69, 9.17) is 5.73 Å². The number of halogens is 3. The summed E-state index contributed by atoms with van der Waals surface area (Å²) in [5, 5.41) is 0. The molecule has 1 atom stereocenters. The van der Waals surface area contributed by atoms with Crippen molar-refractivity contribution in [2.75, 3.05) is 13.1 Å². The molecule has 0 spiro atoms. The van der Waals surface area contributed by atoms with E-state index in [0.29, 0.717) is 19.5 Å². The van der Waals surface area contributed by atoms with Gasteiger partial charge >= 0.3 is 0 Å². The predicted molar refractivity (Wildman–Crippen MR) is 67.6 cm³/mol. The zero-order valence-electron chi connectivity index (χ0n) is 8.92. The first-order valence-electron chi connectivity index (χ1n) is 5.18. The zero-order chi connectivity index (χ0) is 12.6. The Morgan fingerprint density at radius 1 is 1.41 bits per heavy atom. The Kier molecular flexibility index (Phi) is 3.62. The number of carbonyl (C=O) groups excluding carboxylic acids is 1. The number of rotatable bonds is 1. The van der Waals surface area contributed by atoms with Crippen LogP contribution in [0.15, 0.2) is 12.1 Å².